The molecule has 0 saturated heterocycles. The van der Waals surface area contributed by atoms with E-state index < -0.39 is 20.5 Å². The van der Waals surface area contributed by atoms with Crippen LogP contribution in [-0.4, -0.2) is 18.6 Å². The summed E-state index contributed by atoms with van der Waals surface area (Å²) in [6.07, 6.45) is 8.85. The zero-order chi connectivity index (χ0) is 20.4. The van der Waals surface area contributed by atoms with E-state index in [1.807, 2.05) is 6.07 Å². The maximum Gasteiger partial charge on any atom is 1.00 e. The van der Waals surface area contributed by atoms with E-state index in [9.17, 15) is 19.1 Å². The maximum atomic E-state index is 12.3. The second-order valence-corrected chi connectivity index (χ2v) is 8.42. The summed E-state index contributed by atoms with van der Waals surface area (Å²) in [4.78, 5) is 34.1. The number of phosphoric ester groups is 1. The molecule has 2 rings (SSSR count). The second-order valence-electron chi connectivity index (χ2n) is 7.27. The molecule has 30 heavy (non-hydrogen) atoms. The quantitative estimate of drug-likeness (QED) is 0.192. The molecule has 0 aliphatic heterocycles. The predicted molar refractivity (Wildman–Crippen MR) is 103 cm³/mol. The van der Waals surface area contributed by atoms with Gasteiger partial charge in [-0.05, 0) is 43.4 Å². The number of hydrogen-bond acceptors (Lipinski definition) is 6. The van der Waals surface area contributed by atoms with Crippen molar-refractivity contribution in [3.63, 3.8) is 0 Å². The molecule has 1 atom stereocenters. The summed E-state index contributed by atoms with van der Waals surface area (Å²) in [6, 6.07) is 6.38. The molecule has 0 radical (unpaired) electrons. The second kappa shape index (κ2) is 16.2. The van der Waals surface area contributed by atoms with Gasteiger partial charge in [0.15, 0.2) is 0 Å². The van der Waals surface area contributed by atoms with Gasteiger partial charge in [0.2, 0.25) is 5.91 Å². The molecule has 1 aliphatic rings. The van der Waals surface area contributed by atoms with Crippen molar-refractivity contribution in [2.75, 3.05) is 6.61 Å². The summed E-state index contributed by atoms with van der Waals surface area (Å²) in [7, 11) is -5.13. The molecule has 1 N–H and O–H groups in total. The Balaban J connectivity index is 0.00000420. The molecule has 158 valence electrons. The van der Waals surface area contributed by atoms with Crippen molar-refractivity contribution in [3.8, 4) is 5.75 Å². The number of hydrogen-bond donors (Lipinski definition) is 1. The molecule has 1 aromatic carbocycles. The fourth-order valence-corrected chi connectivity index (χ4v) is 3.36. The summed E-state index contributed by atoms with van der Waals surface area (Å²) >= 11 is 0. The minimum atomic E-state index is -5.13. The number of benzene rings is 1. The van der Waals surface area contributed by atoms with Crippen LogP contribution < -0.4 is 79.0 Å². The number of carbonyl (C=O) groups excluding carboxylic acids is 1. The normalized spacial score (nSPS) is 14.6. The Hall–Kier alpha value is 0.600. The number of unbranched alkanes of at least 4 members (excludes halogenated alkanes) is 4. The average molecular weight is 457 g/mol. The van der Waals surface area contributed by atoms with Gasteiger partial charge in [-0.15, -0.1) is 0 Å². The van der Waals surface area contributed by atoms with Gasteiger partial charge in [-0.3, -0.25) is 4.79 Å². The van der Waals surface area contributed by atoms with Crippen molar-refractivity contribution in [1.82, 2.24) is 5.32 Å². The number of ether oxygens (including phenoxy) is 1. The number of carbonyl (C=O) groups is 1. The first-order valence-electron chi connectivity index (χ1n) is 10.1. The van der Waals surface area contributed by atoms with Crippen LogP contribution in [0.25, 0.3) is 0 Å². The fraction of sp³-hybridized carbons (Fsp3) is 0.650. The van der Waals surface area contributed by atoms with Crippen LogP contribution in [-0.2, 0) is 13.9 Å². The zero-order valence-corrected chi connectivity index (χ0v) is 23.3. The van der Waals surface area contributed by atoms with Crippen molar-refractivity contribution in [1.29, 1.82) is 0 Å². The van der Waals surface area contributed by atoms with Gasteiger partial charge in [0.1, 0.15) is 5.75 Å². The fourth-order valence-electron chi connectivity index (χ4n) is 3.03. The third-order valence-corrected chi connectivity index (χ3v) is 5.32. The summed E-state index contributed by atoms with van der Waals surface area (Å²) in [5.41, 5.74) is 0.643. The number of nitrogens with one attached hydrogen (secondary N) is 1. The number of amides is 1. The summed E-state index contributed by atoms with van der Waals surface area (Å²) < 4.78 is 21.2. The van der Waals surface area contributed by atoms with Crippen molar-refractivity contribution >= 4 is 13.7 Å². The van der Waals surface area contributed by atoms with Crippen LogP contribution in [0.5, 0.6) is 5.75 Å². The molecular formula is C20H30NNa2O6P. The third kappa shape index (κ3) is 12.6. The molecule has 1 fully saturated rings. The Bertz CT molecular complexity index is 668. The standard InChI is InChI=1S/C20H32NO6P.2Na/c1-2-3-4-5-6-13-20(22)21-19(15-26-28(23,24)25)16-9-7-12-18(14-16)27-17-10-8-11-17;;/h7,9,12,14,17,19H,2-6,8,10-11,13,15H2,1H3,(H,21,22)(H2,23,24,25);;/q;2*+1/p-2. The van der Waals surface area contributed by atoms with E-state index in [4.69, 9.17) is 4.74 Å². The van der Waals surface area contributed by atoms with Crippen molar-refractivity contribution in [2.45, 2.75) is 76.9 Å². The average Bonchev–Trinajstić information content (AvgIpc) is 2.61. The maximum absolute atomic E-state index is 12.3. The molecule has 1 unspecified atom stereocenters. The van der Waals surface area contributed by atoms with E-state index >= 15 is 0 Å². The van der Waals surface area contributed by atoms with Gasteiger partial charge in [0.25, 0.3) is 0 Å². The van der Waals surface area contributed by atoms with E-state index in [0.717, 1.165) is 51.4 Å². The van der Waals surface area contributed by atoms with Crippen molar-refractivity contribution < 1.29 is 87.5 Å². The zero-order valence-electron chi connectivity index (χ0n) is 18.4. The molecular weight excluding hydrogens is 427 g/mol. The Kier molecular flexibility index (Phi) is 16.6. The number of phosphoric acid groups is 1. The van der Waals surface area contributed by atoms with Gasteiger partial charge < -0.3 is 28.9 Å². The molecule has 10 heteroatoms. The number of rotatable bonds is 13. The van der Waals surface area contributed by atoms with Gasteiger partial charge in [-0.2, -0.15) is 0 Å². The molecule has 0 spiro atoms. The monoisotopic (exact) mass is 457 g/mol. The van der Waals surface area contributed by atoms with E-state index in [1.165, 1.54) is 0 Å². The largest absolute Gasteiger partial charge is 1.00 e. The van der Waals surface area contributed by atoms with Gasteiger partial charge in [0, 0.05) is 6.42 Å². The molecule has 1 amide bonds. The Morgan fingerprint density at radius 3 is 2.50 bits per heavy atom. The van der Waals surface area contributed by atoms with Crippen LogP contribution in [0.1, 0.15) is 76.3 Å². The van der Waals surface area contributed by atoms with Crippen LogP contribution in [0.2, 0.25) is 0 Å². The van der Waals surface area contributed by atoms with Crippen LogP contribution in [0.15, 0.2) is 24.3 Å². The summed E-state index contributed by atoms with van der Waals surface area (Å²) in [6.45, 7) is 1.70. The van der Waals surface area contributed by atoms with Crippen molar-refractivity contribution in [2.24, 2.45) is 0 Å². The molecule has 0 bridgehead atoms. The summed E-state index contributed by atoms with van der Waals surface area (Å²) in [5, 5.41) is 2.79. The van der Waals surface area contributed by atoms with Crippen LogP contribution >= 0.6 is 7.82 Å². The first-order chi connectivity index (χ1) is 13.4. The molecule has 1 aliphatic carbocycles. The van der Waals surface area contributed by atoms with Gasteiger partial charge >= 0.3 is 59.1 Å². The Morgan fingerprint density at radius 2 is 1.90 bits per heavy atom. The minimum Gasteiger partial charge on any atom is -0.790 e. The van der Waals surface area contributed by atoms with Gasteiger partial charge in [-0.25, -0.2) is 0 Å². The van der Waals surface area contributed by atoms with E-state index in [0.29, 0.717) is 17.7 Å². The van der Waals surface area contributed by atoms with Crippen LogP contribution in [0.4, 0.5) is 0 Å². The first kappa shape index (κ1) is 30.6. The SMILES string of the molecule is CCCCCCCC(=O)NC(COP(=O)([O-])[O-])c1cccc(OC2CCC2)c1.[Na+].[Na+]. The molecule has 0 heterocycles. The summed E-state index contributed by atoms with van der Waals surface area (Å²) in [5.74, 6) is 0.468. The predicted octanol–water partition coefficient (Wildman–Crippen LogP) is -3.01. The van der Waals surface area contributed by atoms with Gasteiger partial charge in [-0.1, -0.05) is 44.7 Å². The molecule has 1 aromatic rings. The molecule has 0 aromatic heterocycles. The topological polar surface area (TPSA) is 111 Å². The smallest absolute Gasteiger partial charge is 0.790 e. The van der Waals surface area contributed by atoms with Crippen LogP contribution in [0.3, 0.4) is 0 Å². The third-order valence-electron chi connectivity index (χ3n) is 4.86. The first-order valence-corrected chi connectivity index (χ1v) is 11.6. The van der Waals surface area contributed by atoms with E-state index in [2.05, 4.69) is 16.8 Å². The molecule has 1 saturated carbocycles. The van der Waals surface area contributed by atoms with Gasteiger partial charge in [0.05, 0.1) is 26.6 Å². The van der Waals surface area contributed by atoms with E-state index in [-0.39, 0.29) is 71.1 Å². The van der Waals surface area contributed by atoms with Crippen LogP contribution in [0, 0.1) is 0 Å². The Morgan fingerprint density at radius 1 is 1.20 bits per heavy atom. The minimum absolute atomic E-state index is 0. The Labute approximate surface area is 223 Å². The van der Waals surface area contributed by atoms with E-state index in [1.54, 1.807) is 18.2 Å². The van der Waals surface area contributed by atoms with Crippen molar-refractivity contribution in [3.05, 3.63) is 29.8 Å². The molecule has 7 nitrogen and oxygen atoms in total.